The molecule has 0 amide bonds. The van der Waals surface area contributed by atoms with E-state index in [1.54, 1.807) is 12.1 Å². The van der Waals surface area contributed by atoms with Crippen LogP contribution in [0, 0.1) is 0 Å². The fraction of sp³-hybridized carbons (Fsp3) is 0.235. The molecule has 4 heteroatoms. The van der Waals surface area contributed by atoms with Crippen molar-refractivity contribution in [3.05, 3.63) is 53.1 Å². The number of carboxylic acid groups (broad SMARTS) is 1. The van der Waals surface area contributed by atoms with Gasteiger partial charge in [0.1, 0.15) is 17.1 Å². The monoisotopic (exact) mass is 283 g/mol. The zero-order valence-corrected chi connectivity index (χ0v) is 11.6. The van der Waals surface area contributed by atoms with E-state index in [2.05, 4.69) is 6.07 Å². The molecule has 2 aromatic carbocycles. The van der Waals surface area contributed by atoms with Crippen LogP contribution in [0.2, 0.25) is 0 Å². The molecule has 2 aromatic rings. The molecule has 0 aliphatic heterocycles. The number of nitrogen functional groups attached to an aromatic ring is 1. The van der Waals surface area contributed by atoms with Gasteiger partial charge in [-0.2, -0.15) is 0 Å². The van der Waals surface area contributed by atoms with Crippen molar-refractivity contribution in [3.8, 4) is 11.5 Å². The number of ether oxygens (including phenoxy) is 1. The van der Waals surface area contributed by atoms with Gasteiger partial charge in [0.15, 0.2) is 0 Å². The number of aromatic carboxylic acids is 1. The Balaban J connectivity index is 1.93. The van der Waals surface area contributed by atoms with E-state index in [0.29, 0.717) is 11.4 Å². The third-order valence-corrected chi connectivity index (χ3v) is 3.78. The first-order valence-corrected chi connectivity index (χ1v) is 7.06. The summed E-state index contributed by atoms with van der Waals surface area (Å²) in [6, 6.07) is 10.5. The van der Waals surface area contributed by atoms with Crippen LogP contribution in [-0.4, -0.2) is 11.1 Å². The zero-order chi connectivity index (χ0) is 14.8. The van der Waals surface area contributed by atoms with Crippen LogP contribution in [0.4, 0.5) is 5.69 Å². The predicted molar refractivity (Wildman–Crippen MR) is 81.0 cm³/mol. The molecule has 0 saturated carbocycles. The number of nitrogens with two attached hydrogens (primary N) is 1. The molecule has 0 aromatic heterocycles. The van der Waals surface area contributed by atoms with E-state index in [1.807, 2.05) is 12.1 Å². The first kappa shape index (κ1) is 13.5. The Bertz CT molecular complexity index is 694. The van der Waals surface area contributed by atoms with Crippen LogP contribution in [0.15, 0.2) is 36.4 Å². The molecule has 0 heterocycles. The first-order chi connectivity index (χ1) is 10.1. The fourth-order valence-corrected chi connectivity index (χ4v) is 2.70. The van der Waals surface area contributed by atoms with Gasteiger partial charge in [-0.15, -0.1) is 0 Å². The highest BCUT2D eigenvalue weighted by Gasteiger charge is 2.14. The lowest BCUT2D eigenvalue weighted by atomic mass is 9.92. The van der Waals surface area contributed by atoms with Crippen LogP contribution in [0.3, 0.4) is 0 Å². The molecule has 0 unspecified atom stereocenters. The van der Waals surface area contributed by atoms with Crippen LogP contribution in [0.25, 0.3) is 0 Å². The largest absolute Gasteiger partial charge is 0.478 e. The van der Waals surface area contributed by atoms with Gasteiger partial charge >= 0.3 is 5.97 Å². The van der Waals surface area contributed by atoms with Crippen LogP contribution in [0.5, 0.6) is 11.5 Å². The number of rotatable bonds is 3. The molecule has 0 fully saturated rings. The number of anilines is 1. The predicted octanol–water partition coefficient (Wildman–Crippen LogP) is 3.64. The van der Waals surface area contributed by atoms with Gasteiger partial charge in [-0.05, 0) is 61.1 Å². The van der Waals surface area contributed by atoms with Gasteiger partial charge in [0, 0.05) is 11.8 Å². The molecule has 21 heavy (non-hydrogen) atoms. The lowest BCUT2D eigenvalue weighted by molar-refractivity contribution is 0.0694. The molecule has 4 nitrogen and oxygen atoms in total. The Kier molecular flexibility index (Phi) is 3.52. The Morgan fingerprint density at radius 1 is 1.05 bits per heavy atom. The normalized spacial score (nSPS) is 13.5. The first-order valence-electron chi connectivity index (χ1n) is 7.06. The highest BCUT2D eigenvalue weighted by Crippen LogP contribution is 2.31. The molecule has 0 radical (unpaired) electrons. The zero-order valence-electron chi connectivity index (χ0n) is 11.6. The minimum atomic E-state index is -1.03. The molecule has 0 atom stereocenters. The lowest BCUT2D eigenvalue weighted by Crippen LogP contribution is -2.04. The number of hydrogen-bond acceptors (Lipinski definition) is 3. The minimum absolute atomic E-state index is 0.113. The van der Waals surface area contributed by atoms with Crippen molar-refractivity contribution < 1.29 is 14.6 Å². The molecular formula is C17H17NO3. The Morgan fingerprint density at radius 2 is 1.81 bits per heavy atom. The SMILES string of the molecule is Nc1ccc(C(=O)O)c(Oc2ccc3c(c2)CCCC3)c1. The summed E-state index contributed by atoms with van der Waals surface area (Å²) < 4.78 is 5.76. The summed E-state index contributed by atoms with van der Waals surface area (Å²) in [4.78, 5) is 11.2. The highest BCUT2D eigenvalue weighted by atomic mass is 16.5. The number of fused-ring (bicyclic) bond motifs is 1. The van der Waals surface area contributed by atoms with Crippen molar-refractivity contribution in [2.24, 2.45) is 0 Å². The summed E-state index contributed by atoms with van der Waals surface area (Å²) in [5.41, 5.74) is 8.96. The highest BCUT2D eigenvalue weighted by molar-refractivity contribution is 5.91. The number of hydrogen-bond donors (Lipinski definition) is 2. The van der Waals surface area contributed by atoms with Crippen molar-refractivity contribution in [2.75, 3.05) is 5.73 Å². The Morgan fingerprint density at radius 3 is 2.57 bits per heavy atom. The summed E-state index contributed by atoms with van der Waals surface area (Å²) in [5.74, 6) is -0.0926. The van der Waals surface area contributed by atoms with Gasteiger partial charge < -0.3 is 15.6 Å². The molecule has 3 N–H and O–H groups in total. The summed E-state index contributed by atoms with van der Waals surface area (Å²) in [6.45, 7) is 0. The maximum absolute atomic E-state index is 11.2. The van der Waals surface area contributed by atoms with E-state index in [4.69, 9.17) is 10.5 Å². The molecule has 1 aliphatic rings. The minimum Gasteiger partial charge on any atom is -0.478 e. The molecule has 0 saturated heterocycles. The van der Waals surface area contributed by atoms with Crippen LogP contribution < -0.4 is 10.5 Å². The van der Waals surface area contributed by atoms with Gasteiger partial charge in [-0.3, -0.25) is 0 Å². The van der Waals surface area contributed by atoms with Crippen LogP contribution in [0.1, 0.15) is 34.3 Å². The van der Waals surface area contributed by atoms with Crippen molar-refractivity contribution in [1.29, 1.82) is 0 Å². The van der Waals surface area contributed by atoms with Crippen LogP contribution in [-0.2, 0) is 12.8 Å². The van der Waals surface area contributed by atoms with E-state index in [9.17, 15) is 9.90 Å². The molecule has 0 spiro atoms. The summed E-state index contributed by atoms with van der Waals surface area (Å²) >= 11 is 0. The number of carbonyl (C=O) groups is 1. The maximum atomic E-state index is 11.2. The standard InChI is InChI=1S/C17H17NO3/c18-13-6-8-15(17(19)20)16(10-13)21-14-7-5-11-3-1-2-4-12(11)9-14/h5-10H,1-4,18H2,(H,19,20). The molecule has 0 bridgehead atoms. The van der Waals surface area contributed by atoms with Gasteiger partial charge in [-0.25, -0.2) is 4.79 Å². The molecule has 1 aliphatic carbocycles. The Hall–Kier alpha value is -2.49. The summed E-state index contributed by atoms with van der Waals surface area (Å²) in [6.07, 6.45) is 4.57. The average molecular weight is 283 g/mol. The summed E-state index contributed by atoms with van der Waals surface area (Å²) in [7, 11) is 0. The third-order valence-electron chi connectivity index (χ3n) is 3.78. The van der Waals surface area contributed by atoms with Crippen molar-refractivity contribution in [2.45, 2.75) is 25.7 Å². The van der Waals surface area contributed by atoms with Gasteiger partial charge in [0.25, 0.3) is 0 Å². The summed E-state index contributed by atoms with van der Waals surface area (Å²) in [5, 5.41) is 9.21. The van der Waals surface area contributed by atoms with Gasteiger partial charge in [0.05, 0.1) is 0 Å². The number of aryl methyl sites for hydroxylation is 2. The van der Waals surface area contributed by atoms with E-state index in [-0.39, 0.29) is 11.3 Å². The van der Waals surface area contributed by atoms with Crippen molar-refractivity contribution in [3.63, 3.8) is 0 Å². The van der Waals surface area contributed by atoms with Gasteiger partial charge in [0.2, 0.25) is 0 Å². The fourth-order valence-electron chi connectivity index (χ4n) is 2.70. The molecule has 3 rings (SSSR count). The van der Waals surface area contributed by atoms with E-state index in [1.165, 1.54) is 30.0 Å². The van der Waals surface area contributed by atoms with Crippen LogP contribution >= 0.6 is 0 Å². The smallest absolute Gasteiger partial charge is 0.339 e. The number of carboxylic acids is 1. The number of benzene rings is 2. The van der Waals surface area contributed by atoms with Crippen molar-refractivity contribution in [1.82, 2.24) is 0 Å². The topological polar surface area (TPSA) is 72.6 Å². The third kappa shape index (κ3) is 2.84. The Labute approximate surface area is 123 Å². The second-order valence-corrected chi connectivity index (χ2v) is 5.30. The van der Waals surface area contributed by atoms with E-state index >= 15 is 0 Å². The second-order valence-electron chi connectivity index (χ2n) is 5.30. The maximum Gasteiger partial charge on any atom is 0.339 e. The van der Waals surface area contributed by atoms with E-state index < -0.39 is 5.97 Å². The van der Waals surface area contributed by atoms with Gasteiger partial charge in [-0.1, -0.05) is 6.07 Å². The second kappa shape index (κ2) is 5.48. The lowest BCUT2D eigenvalue weighted by Gasteiger charge is -2.17. The van der Waals surface area contributed by atoms with Crippen molar-refractivity contribution >= 4 is 11.7 Å². The molecular weight excluding hydrogens is 266 g/mol. The molecule has 108 valence electrons. The quantitative estimate of drug-likeness (QED) is 0.843. The van der Waals surface area contributed by atoms with E-state index in [0.717, 1.165) is 12.8 Å². The average Bonchev–Trinajstić information content (AvgIpc) is 2.47.